The van der Waals surface area contributed by atoms with Gasteiger partial charge < -0.3 is 0 Å². The maximum Gasteiger partial charge on any atom is -0.0123 e. The van der Waals surface area contributed by atoms with Gasteiger partial charge in [0, 0.05) is 0 Å². The van der Waals surface area contributed by atoms with E-state index in [0.29, 0.717) is 10.5 Å². The van der Waals surface area contributed by atoms with Gasteiger partial charge in [0.1, 0.15) is 0 Å². The normalized spacial score (nSPS) is 13.4. The maximum absolute atomic E-state index is 4.13. The highest BCUT2D eigenvalue weighted by Crippen LogP contribution is 2.13. The summed E-state index contributed by atoms with van der Waals surface area (Å²) in [4.78, 5) is 0. The molecular formula is C9H20S. The van der Waals surface area contributed by atoms with Crippen molar-refractivity contribution in [1.82, 2.24) is 0 Å². The highest BCUT2D eigenvalue weighted by molar-refractivity contribution is 8.14. The molecule has 0 spiro atoms. The van der Waals surface area contributed by atoms with Crippen molar-refractivity contribution < 1.29 is 0 Å². The fourth-order valence-corrected chi connectivity index (χ4v) is 2.34. The van der Waals surface area contributed by atoms with E-state index in [1.165, 1.54) is 37.2 Å². The van der Waals surface area contributed by atoms with Gasteiger partial charge in [-0.25, -0.2) is 0 Å². The van der Waals surface area contributed by atoms with E-state index >= 15 is 0 Å². The zero-order chi connectivity index (χ0) is 7.82. The molecule has 0 amide bonds. The van der Waals surface area contributed by atoms with Crippen LogP contribution in [0.25, 0.3) is 0 Å². The second kappa shape index (κ2) is 7.33. The number of hydrogen-bond acceptors (Lipinski definition) is 0. The fourth-order valence-electron chi connectivity index (χ4n) is 0.947. The van der Waals surface area contributed by atoms with Crippen molar-refractivity contribution in [3.05, 3.63) is 0 Å². The minimum Gasteiger partial charge on any atom is -0.193 e. The monoisotopic (exact) mass is 160 g/mol. The summed E-state index contributed by atoms with van der Waals surface area (Å²) < 4.78 is 0. The van der Waals surface area contributed by atoms with Crippen LogP contribution >= 0.6 is 10.5 Å². The molecule has 0 bridgehead atoms. The van der Waals surface area contributed by atoms with E-state index in [0.717, 1.165) is 0 Å². The Balaban J connectivity index is 3.05. The van der Waals surface area contributed by atoms with E-state index in [1.807, 2.05) is 0 Å². The van der Waals surface area contributed by atoms with Gasteiger partial charge in [-0.15, -0.1) is 0 Å². The first-order chi connectivity index (χ1) is 4.81. The van der Waals surface area contributed by atoms with Crippen molar-refractivity contribution in [3.8, 4) is 0 Å². The minimum absolute atomic E-state index is 0.478. The average Bonchev–Trinajstić information content (AvgIpc) is 1.89. The Labute approximate surface area is 68.0 Å². The molecule has 0 aliphatic heterocycles. The van der Waals surface area contributed by atoms with Gasteiger partial charge in [-0.3, -0.25) is 0 Å². The van der Waals surface area contributed by atoms with Crippen LogP contribution in [-0.4, -0.2) is 17.4 Å². The summed E-state index contributed by atoms with van der Waals surface area (Å²) in [5.41, 5.74) is 0. The van der Waals surface area contributed by atoms with Gasteiger partial charge in [0.15, 0.2) is 0 Å². The van der Waals surface area contributed by atoms with Gasteiger partial charge in [-0.2, -0.15) is 10.5 Å². The van der Waals surface area contributed by atoms with E-state index in [9.17, 15) is 0 Å². The first-order valence-corrected chi connectivity index (χ1v) is 6.01. The molecule has 10 heavy (non-hydrogen) atoms. The van der Waals surface area contributed by atoms with Gasteiger partial charge >= 0.3 is 0 Å². The third-order valence-electron chi connectivity index (χ3n) is 1.53. The molecule has 0 aliphatic rings. The molecule has 1 unspecified atom stereocenters. The Kier molecular flexibility index (Phi) is 7.49. The molecule has 0 saturated carbocycles. The molecule has 0 aromatic rings. The molecule has 0 fully saturated rings. The summed E-state index contributed by atoms with van der Waals surface area (Å²) >= 11 is 0. The van der Waals surface area contributed by atoms with Crippen LogP contribution < -0.4 is 0 Å². The zero-order valence-corrected chi connectivity index (χ0v) is 8.17. The Bertz CT molecular complexity index is 86.7. The topological polar surface area (TPSA) is 0 Å². The summed E-state index contributed by atoms with van der Waals surface area (Å²) in [6, 6.07) is 0. The van der Waals surface area contributed by atoms with E-state index < -0.39 is 0 Å². The maximum atomic E-state index is 4.13. The predicted octanol–water partition coefficient (Wildman–Crippen LogP) is 3.29. The van der Waals surface area contributed by atoms with Crippen LogP contribution in [-0.2, 0) is 0 Å². The van der Waals surface area contributed by atoms with Crippen LogP contribution in [0.5, 0.6) is 0 Å². The molecule has 1 heteroatoms. The summed E-state index contributed by atoms with van der Waals surface area (Å²) in [6.45, 7) is 4.49. The van der Waals surface area contributed by atoms with Gasteiger partial charge in [0.2, 0.25) is 0 Å². The lowest BCUT2D eigenvalue weighted by atomic mass is 10.3. The number of unbranched alkanes of at least 4 members (excludes halogenated alkanes) is 2. The predicted molar refractivity (Wildman–Crippen MR) is 54.3 cm³/mol. The van der Waals surface area contributed by atoms with E-state index in [-0.39, 0.29) is 0 Å². The molecule has 62 valence electrons. The molecule has 0 aromatic heterocycles. The largest absolute Gasteiger partial charge is 0.193 e. The molecule has 0 nitrogen and oxygen atoms in total. The Morgan fingerprint density at radius 3 is 2.20 bits per heavy atom. The first-order valence-electron chi connectivity index (χ1n) is 4.28. The van der Waals surface area contributed by atoms with Crippen LogP contribution in [0, 0.1) is 0 Å². The molecule has 0 saturated heterocycles. The SMILES string of the molecule is C=S(CCC)CCCCC. The van der Waals surface area contributed by atoms with Gasteiger partial charge in [0.25, 0.3) is 0 Å². The summed E-state index contributed by atoms with van der Waals surface area (Å²) in [6.07, 6.45) is 5.42. The molecular weight excluding hydrogens is 140 g/mol. The number of rotatable bonds is 6. The molecule has 0 heterocycles. The van der Waals surface area contributed by atoms with Crippen molar-refractivity contribution >= 4 is 16.4 Å². The third kappa shape index (κ3) is 6.34. The Hall–Kier alpha value is 0.220. The molecule has 1 atom stereocenters. The van der Waals surface area contributed by atoms with Crippen molar-refractivity contribution in [1.29, 1.82) is 0 Å². The van der Waals surface area contributed by atoms with Crippen LogP contribution in [0.4, 0.5) is 0 Å². The third-order valence-corrected chi connectivity index (χ3v) is 3.38. The Morgan fingerprint density at radius 1 is 1.00 bits per heavy atom. The lowest BCUT2D eigenvalue weighted by Gasteiger charge is -2.03. The van der Waals surface area contributed by atoms with E-state index in [1.54, 1.807) is 0 Å². The summed E-state index contributed by atoms with van der Waals surface area (Å²) in [5.74, 6) is 6.83. The van der Waals surface area contributed by atoms with Crippen LogP contribution in [0.15, 0.2) is 0 Å². The van der Waals surface area contributed by atoms with E-state index in [2.05, 4.69) is 19.7 Å². The van der Waals surface area contributed by atoms with Crippen LogP contribution in [0.1, 0.15) is 39.5 Å². The molecule has 0 rings (SSSR count). The quantitative estimate of drug-likeness (QED) is 0.413. The lowest BCUT2D eigenvalue weighted by molar-refractivity contribution is 0.778. The molecule has 0 aromatic carbocycles. The standard InChI is InChI=1S/C9H20S/c1-4-6-7-9-10(3)8-5-2/h3-9H2,1-2H3. The second-order valence-electron chi connectivity index (χ2n) is 2.73. The van der Waals surface area contributed by atoms with Gasteiger partial charge in [-0.1, -0.05) is 32.6 Å². The smallest absolute Gasteiger partial charge is 0.0123 e. The minimum atomic E-state index is 0.478. The Morgan fingerprint density at radius 2 is 1.70 bits per heavy atom. The zero-order valence-electron chi connectivity index (χ0n) is 7.36. The average molecular weight is 160 g/mol. The van der Waals surface area contributed by atoms with Gasteiger partial charge in [-0.05, 0) is 24.3 Å². The molecule has 0 aliphatic carbocycles. The fraction of sp³-hybridized carbons (Fsp3) is 0.889. The summed E-state index contributed by atoms with van der Waals surface area (Å²) in [7, 11) is 0.478. The first kappa shape index (κ1) is 10.2. The van der Waals surface area contributed by atoms with Crippen LogP contribution in [0.3, 0.4) is 0 Å². The van der Waals surface area contributed by atoms with Crippen molar-refractivity contribution in [2.24, 2.45) is 0 Å². The van der Waals surface area contributed by atoms with Gasteiger partial charge in [0.05, 0.1) is 0 Å². The highest BCUT2D eigenvalue weighted by atomic mass is 32.2. The second-order valence-corrected chi connectivity index (χ2v) is 4.77. The number of hydrogen-bond donors (Lipinski definition) is 0. The van der Waals surface area contributed by atoms with Crippen molar-refractivity contribution in [3.63, 3.8) is 0 Å². The lowest BCUT2D eigenvalue weighted by Crippen LogP contribution is -1.85. The highest BCUT2D eigenvalue weighted by Gasteiger charge is 1.89. The van der Waals surface area contributed by atoms with Crippen molar-refractivity contribution in [2.45, 2.75) is 39.5 Å². The van der Waals surface area contributed by atoms with Crippen LogP contribution in [0.2, 0.25) is 0 Å². The summed E-state index contributed by atoms with van der Waals surface area (Å²) in [5, 5.41) is 0. The van der Waals surface area contributed by atoms with Crippen molar-refractivity contribution in [2.75, 3.05) is 11.5 Å². The molecule has 0 radical (unpaired) electrons. The van der Waals surface area contributed by atoms with E-state index in [4.69, 9.17) is 0 Å². The molecule has 0 N–H and O–H groups in total.